The molecule has 0 heterocycles. The first kappa shape index (κ1) is 10.9. The van der Waals surface area contributed by atoms with Crippen LogP contribution in [0.5, 0.6) is 0 Å². The van der Waals surface area contributed by atoms with E-state index in [2.05, 4.69) is 24.9 Å². The molecule has 2 nitrogen and oxygen atoms in total. The Hall–Kier alpha value is -0.180. The van der Waals surface area contributed by atoms with Crippen molar-refractivity contribution < 1.29 is 4.79 Å². The quantitative estimate of drug-likeness (QED) is 0.668. The highest BCUT2D eigenvalue weighted by atomic mass is 32.1. The minimum atomic E-state index is 0.147. The van der Waals surface area contributed by atoms with E-state index in [4.69, 9.17) is 0 Å². The molecule has 1 rings (SSSR count). The number of nitrogens with one attached hydrogen (secondary N) is 1. The van der Waals surface area contributed by atoms with Crippen molar-refractivity contribution in [1.29, 1.82) is 0 Å². The zero-order valence-electron chi connectivity index (χ0n) is 8.25. The van der Waals surface area contributed by atoms with Crippen molar-refractivity contribution in [2.75, 3.05) is 12.3 Å². The van der Waals surface area contributed by atoms with Crippen LogP contribution in [0, 0.1) is 11.8 Å². The van der Waals surface area contributed by atoms with Gasteiger partial charge in [-0.3, -0.25) is 4.79 Å². The monoisotopic (exact) mass is 201 g/mol. The van der Waals surface area contributed by atoms with Gasteiger partial charge in [0.15, 0.2) is 0 Å². The number of rotatable bonds is 4. The topological polar surface area (TPSA) is 29.1 Å². The van der Waals surface area contributed by atoms with Crippen molar-refractivity contribution >= 4 is 18.5 Å². The molecule has 2 atom stereocenters. The van der Waals surface area contributed by atoms with E-state index in [0.29, 0.717) is 18.1 Å². The first-order chi connectivity index (χ1) is 6.24. The Bertz CT molecular complexity index is 172. The van der Waals surface area contributed by atoms with E-state index in [1.54, 1.807) is 0 Å². The van der Waals surface area contributed by atoms with E-state index in [-0.39, 0.29) is 5.91 Å². The highest BCUT2D eigenvalue weighted by Gasteiger charge is 2.23. The fourth-order valence-corrected chi connectivity index (χ4v) is 2.16. The van der Waals surface area contributed by atoms with Crippen molar-refractivity contribution in [2.45, 2.75) is 32.6 Å². The summed E-state index contributed by atoms with van der Waals surface area (Å²) in [4.78, 5) is 11.1. The van der Waals surface area contributed by atoms with Crippen molar-refractivity contribution in [3.05, 3.63) is 0 Å². The van der Waals surface area contributed by atoms with Crippen LogP contribution < -0.4 is 5.32 Å². The average Bonchev–Trinajstić information content (AvgIpc) is 2.48. The standard InChI is InChI=1S/C10H19NOS/c1-8-3-2-4-9(8)7-11-10(12)5-6-13/h8-9,13H,2-7H2,1H3,(H,11,12). The summed E-state index contributed by atoms with van der Waals surface area (Å²) in [6.45, 7) is 3.15. The molecular formula is C10H19NOS. The second kappa shape index (κ2) is 5.53. The normalized spacial score (nSPS) is 27.5. The molecule has 1 aliphatic carbocycles. The van der Waals surface area contributed by atoms with Crippen LogP contribution in [0.2, 0.25) is 0 Å². The molecule has 1 amide bonds. The Morgan fingerprint density at radius 3 is 2.85 bits per heavy atom. The van der Waals surface area contributed by atoms with Gasteiger partial charge in [-0.25, -0.2) is 0 Å². The average molecular weight is 201 g/mol. The zero-order chi connectivity index (χ0) is 9.68. The van der Waals surface area contributed by atoms with Gasteiger partial charge in [0.05, 0.1) is 0 Å². The highest BCUT2D eigenvalue weighted by molar-refractivity contribution is 7.80. The molecule has 1 saturated carbocycles. The molecule has 0 radical (unpaired) electrons. The molecule has 0 aromatic rings. The zero-order valence-corrected chi connectivity index (χ0v) is 9.15. The lowest BCUT2D eigenvalue weighted by atomic mass is 9.98. The van der Waals surface area contributed by atoms with E-state index in [0.717, 1.165) is 12.5 Å². The third-order valence-electron chi connectivity index (χ3n) is 2.94. The van der Waals surface area contributed by atoms with E-state index < -0.39 is 0 Å². The third-order valence-corrected chi connectivity index (χ3v) is 3.16. The molecule has 1 fully saturated rings. The third kappa shape index (κ3) is 3.59. The predicted molar refractivity (Wildman–Crippen MR) is 58.0 cm³/mol. The van der Waals surface area contributed by atoms with Gasteiger partial charge in [-0.2, -0.15) is 12.6 Å². The summed E-state index contributed by atoms with van der Waals surface area (Å²) < 4.78 is 0. The van der Waals surface area contributed by atoms with Gasteiger partial charge in [-0.05, 0) is 24.0 Å². The number of thiol groups is 1. The van der Waals surface area contributed by atoms with E-state index >= 15 is 0 Å². The second-order valence-corrected chi connectivity index (χ2v) is 4.39. The number of carbonyl (C=O) groups excluding carboxylic acids is 1. The van der Waals surface area contributed by atoms with Gasteiger partial charge in [0.1, 0.15) is 0 Å². The maximum atomic E-state index is 11.1. The van der Waals surface area contributed by atoms with Crippen LogP contribution >= 0.6 is 12.6 Å². The van der Waals surface area contributed by atoms with Crippen LogP contribution in [-0.2, 0) is 4.79 Å². The number of carbonyl (C=O) groups is 1. The number of hydrogen-bond acceptors (Lipinski definition) is 2. The van der Waals surface area contributed by atoms with Gasteiger partial charge in [0.25, 0.3) is 0 Å². The van der Waals surface area contributed by atoms with Crippen LogP contribution in [0.15, 0.2) is 0 Å². The molecule has 76 valence electrons. The summed E-state index contributed by atoms with van der Waals surface area (Å²) in [5, 5.41) is 2.97. The molecule has 13 heavy (non-hydrogen) atoms. The summed E-state index contributed by atoms with van der Waals surface area (Å²) in [7, 11) is 0. The van der Waals surface area contributed by atoms with Crippen LogP contribution in [0.25, 0.3) is 0 Å². The Kier molecular flexibility index (Phi) is 4.64. The van der Waals surface area contributed by atoms with Crippen molar-refractivity contribution in [3.63, 3.8) is 0 Å². The summed E-state index contributed by atoms with van der Waals surface area (Å²) >= 11 is 4.02. The van der Waals surface area contributed by atoms with Gasteiger partial charge in [-0.1, -0.05) is 19.8 Å². The SMILES string of the molecule is CC1CCCC1CNC(=O)CCS. The maximum Gasteiger partial charge on any atom is 0.220 e. The summed E-state index contributed by atoms with van der Waals surface area (Å²) in [6.07, 6.45) is 4.48. The highest BCUT2D eigenvalue weighted by Crippen LogP contribution is 2.30. The Morgan fingerprint density at radius 1 is 1.54 bits per heavy atom. The minimum absolute atomic E-state index is 0.147. The Balaban J connectivity index is 2.14. The van der Waals surface area contributed by atoms with Crippen LogP contribution in [-0.4, -0.2) is 18.2 Å². The largest absolute Gasteiger partial charge is 0.356 e. The summed E-state index contributed by atoms with van der Waals surface area (Å²) in [5.74, 6) is 2.29. The first-order valence-corrected chi connectivity index (χ1v) is 5.75. The van der Waals surface area contributed by atoms with Crippen LogP contribution in [0.1, 0.15) is 32.6 Å². The summed E-state index contributed by atoms with van der Waals surface area (Å²) in [6, 6.07) is 0. The van der Waals surface area contributed by atoms with Gasteiger partial charge in [0.2, 0.25) is 5.91 Å². The minimum Gasteiger partial charge on any atom is -0.356 e. The van der Waals surface area contributed by atoms with Crippen molar-refractivity contribution in [2.24, 2.45) is 11.8 Å². The van der Waals surface area contributed by atoms with E-state index in [9.17, 15) is 4.79 Å². The molecule has 0 saturated heterocycles. The smallest absolute Gasteiger partial charge is 0.220 e. The second-order valence-electron chi connectivity index (χ2n) is 3.95. The van der Waals surface area contributed by atoms with Gasteiger partial charge < -0.3 is 5.32 Å². The lowest BCUT2D eigenvalue weighted by Crippen LogP contribution is -2.30. The summed E-state index contributed by atoms with van der Waals surface area (Å²) in [5.41, 5.74) is 0. The maximum absolute atomic E-state index is 11.1. The van der Waals surface area contributed by atoms with Crippen molar-refractivity contribution in [3.8, 4) is 0 Å². The van der Waals surface area contributed by atoms with Gasteiger partial charge >= 0.3 is 0 Å². The molecule has 0 aliphatic heterocycles. The fourth-order valence-electron chi connectivity index (χ4n) is 1.96. The van der Waals surface area contributed by atoms with Gasteiger partial charge in [0, 0.05) is 13.0 Å². The first-order valence-electron chi connectivity index (χ1n) is 5.11. The molecule has 3 heteroatoms. The molecule has 0 aromatic carbocycles. The van der Waals surface area contributed by atoms with E-state index in [1.807, 2.05) is 0 Å². The molecule has 0 bridgehead atoms. The van der Waals surface area contributed by atoms with Crippen molar-refractivity contribution in [1.82, 2.24) is 5.32 Å². The molecule has 0 spiro atoms. The predicted octanol–water partition coefficient (Wildman–Crippen LogP) is 1.86. The molecule has 1 aliphatic rings. The lowest BCUT2D eigenvalue weighted by Gasteiger charge is -2.15. The molecular weight excluding hydrogens is 182 g/mol. The van der Waals surface area contributed by atoms with E-state index in [1.165, 1.54) is 19.3 Å². The molecule has 2 unspecified atom stereocenters. The number of hydrogen-bond donors (Lipinski definition) is 2. The van der Waals surface area contributed by atoms with Crippen LogP contribution in [0.3, 0.4) is 0 Å². The Morgan fingerprint density at radius 2 is 2.31 bits per heavy atom. The molecule has 1 N–H and O–H groups in total. The molecule has 0 aromatic heterocycles. The number of amides is 1. The lowest BCUT2D eigenvalue weighted by molar-refractivity contribution is -0.120. The van der Waals surface area contributed by atoms with Crippen LogP contribution in [0.4, 0.5) is 0 Å². The van der Waals surface area contributed by atoms with Gasteiger partial charge in [-0.15, -0.1) is 0 Å². The Labute approximate surface area is 85.9 Å². The fraction of sp³-hybridized carbons (Fsp3) is 0.900.